The van der Waals surface area contributed by atoms with E-state index in [4.69, 9.17) is 19.9 Å². The van der Waals surface area contributed by atoms with E-state index in [2.05, 4.69) is 15.4 Å². The Kier molecular flexibility index (Phi) is 5.54. The summed E-state index contributed by atoms with van der Waals surface area (Å²) in [5, 5.41) is 7.24. The van der Waals surface area contributed by atoms with Gasteiger partial charge in [-0.3, -0.25) is 0 Å². The van der Waals surface area contributed by atoms with Crippen LogP contribution in [0.1, 0.15) is 0 Å². The van der Waals surface area contributed by atoms with Gasteiger partial charge >= 0.3 is 0 Å². The smallest absolute Gasteiger partial charge is 0.248 e. The van der Waals surface area contributed by atoms with E-state index in [0.29, 0.717) is 22.9 Å². The Morgan fingerprint density at radius 3 is 2.30 bits per heavy atom. The normalized spacial score (nSPS) is 10.6. The van der Waals surface area contributed by atoms with E-state index >= 15 is 0 Å². The summed E-state index contributed by atoms with van der Waals surface area (Å²) in [4.78, 5) is 4.14. The van der Waals surface area contributed by atoms with Gasteiger partial charge < -0.3 is 25.3 Å². The number of aromatic nitrogens is 3. The zero-order valence-electron chi connectivity index (χ0n) is 14.8. The molecule has 27 heavy (non-hydrogen) atoms. The number of nitrogens with two attached hydrogens (primary N) is 1. The summed E-state index contributed by atoms with van der Waals surface area (Å²) in [7, 11) is 4.56. The number of ether oxygens (including phenoxy) is 3. The Morgan fingerprint density at radius 1 is 1.07 bits per heavy atom. The first-order chi connectivity index (χ1) is 13.0. The number of methoxy groups -OCH3 is 3. The molecule has 10 heteroatoms. The molecular formula is C17H17FIN5O3. The van der Waals surface area contributed by atoms with Crippen LogP contribution in [-0.4, -0.2) is 36.1 Å². The van der Waals surface area contributed by atoms with Crippen molar-refractivity contribution in [1.82, 2.24) is 14.8 Å². The van der Waals surface area contributed by atoms with Crippen molar-refractivity contribution in [2.75, 3.05) is 32.4 Å². The number of nitrogen functional groups attached to an aromatic ring is 1. The summed E-state index contributed by atoms with van der Waals surface area (Å²) < 4.78 is 32.1. The molecule has 0 radical (unpaired) electrons. The molecule has 142 valence electrons. The van der Waals surface area contributed by atoms with E-state index in [1.807, 2.05) is 22.6 Å². The van der Waals surface area contributed by atoms with Crippen molar-refractivity contribution in [2.45, 2.75) is 0 Å². The molecule has 0 saturated heterocycles. The van der Waals surface area contributed by atoms with Gasteiger partial charge in [-0.15, -0.1) is 5.10 Å². The second kappa shape index (κ2) is 7.86. The summed E-state index contributed by atoms with van der Waals surface area (Å²) >= 11 is 2.03. The third-order valence-electron chi connectivity index (χ3n) is 3.69. The molecule has 0 aliphatic heterocycles. The van der Waals surface area contributed by atoms with Crippen molar-refractivity contribution in [3.8, 4) is 22.9 Å². The highest BCUT2D eigenvalue weighted by Crippen LogP contribution is 2.40. The van der Waals surface area contributed by atoms with Crippen LogP contribution in [0, 0.1) is 9.39 Å². The van der Waals surface area contributed by atoms with Gasteiger partial charge in [0.15, 0.2) is 11.5 Å². The van der Waals surface area contributed by atoms with Gasteiger partial charge in [0.2, 0.25) is 17.6 Å². The average molecular weight is 485 g/mol. The second-order valence-electron chi connectivity index (χ2n) is 5.34. The molecule has 0 amide bonds. The van der Waals surface area contributed by atoms with Gasteiger partial charge in [0.05, 0.1) is 21.3 Å². The predicted octanol–water partition coefficient (Wildman–Crippen LogP) is 3.36. The van der Waals surface area contributed by atoms with Gasteiger partial charge in [-0.05, 0) is 40.8 Å². The van der Waals surface area contributed by atoms with Crippen LogP contribution < -0.4 is 25.3 Å². The van der Waals surface area contributed by atoms with E-state index in [1.54, 1.807) is 24.3 Å². The predicted molar refractivity (Wildman–Crippen MR) is 108 cm³/mol. The first-order valence-corrected chi connectivity index (χ1v) is 8.79. The van der Waals surface area contributed by atoms with Crippen molar-refractivity contribution in [3.05, 3.63) is 39.7 Å². The number of nitrogens with zero attached hydrogens (tertiary/aromatic N) is 3. The van der Waals surface area contributed by atoms with Crippen LogP contribution in [0.3, 0.4) is 0 Å². The first kappa shape index (κ1) is 19.0. The Balaban J connectivity index is 1.95. The second-order valence-corrected chi connectivity index (χ2v) is 6.59. The molecule has 0 aliphatic rings. The van der Waals surface area contributed by atoms with Crippen molar-refractivity contribution in [3.63, 3.8) is 0 Å². The Morgan fingerprint density at radius 2 is 1.74 bits per heavy atom. The molecule has 0 bridgehead atoms. The molecular weight excluding hydrogens is 468 g/mol. The molecule has 0 aliphatic carbocycles. The molecule has 0 atom stereocenters. The lowest BCUT2D eigenvalue weighted by Gasteiger charge is -2.14. The topological polar surface area (TPSA) is 96.5 Å². The van der Waals surface area contributed by atoms with Crippen LogP contribution >= 0.6 is 22.6 Å². The number of hydrogen-bond donors (Lipinski definition) is 2. The van der Waals surface area contributed by atoms with Crippen LogP contribution in [0.5, 0.6) is 17.2 Å². The molecule has 3 N–H and O–H groups in total. The zero-order valence-corrected chi connectivity index (χ0v) is 16.9. The highest BCUT2D eigenvalue weighted by molar-refractivity contribution is 14.1. The maximum Gasteiger partial charge on any atom is 0.248 e. The highest BCUT2D eigenvalue weighted by Gasteiger charge is 2.16. The zero-order chi connectivity index (χ0) is 19.6. The summed E-state index contributed by atoms with van der Waals surface area (Å²) in [6, 6.07) is 8.13. The van der Waals surface area contributed by atoms with E-state index in [-0.39, 0.29) is 17.6 Å². The standard InChI is InChI=1S/C17H17FIN5O3/c1-25-13-7-10(8-14(26-2)15(13)27-3)21-17-22-16(20)24(23-17)12-5-4-9(19)6-11(12)18/h4-8H,1-3H3,(H3,20,21,22,23). The lowest BCUT2D eigenvalue weighted by atomic mass is 10.2. The number of benzene rings is 2. The van der Waals surface area contributed by atoms with Gasteiger partial charge in [-0.2, -0.15) is 9.67 Å². The maximum atomic E-state index is 14.2. The average Bonchev–Trinajstić information content (AvgIpc) is 3.00. The number of rotatable bonds is 6. The number of hydrogen-bond acceptors (Lipinski definition) is 7. The van der Waals surface area contributed by atoms with Gasteiger partial charge in [-0.25, -0.2) is 4.39 Å². The summed E-state index contributed by atoms with van der Waals surface area (Å²) in [6.07, 6.45) is 0. The molecule has 3 rings (SSSR count). The van der Waals surface area contributed by atoms with Crippen molar-refractivity contribution < 1.29 is 18.6 Å². The van der Waals surface area contributed by atoms with E-state index in [1.165, 1.54) is 32.1 Å². The third-order valence-corrected chi connectivity index (χ3v) is 4.36. The minimum Gasteiger partial charge on any atom is -0.493 e. The molecule has 0 spiro atoms. The van der Waals surface area contributed by atoms with Crippen LogP contribution in [0.15, 0.2) is 30.3 Å². The minimum atomic E-state index is -0.446. The molecule has 8 nitrogen and oxygen atoms in total. The van der Waals surface area contributed by atoms with Crippen LogP contribution in [0.2, 0.25) is 0 Å². The van der Waals surface area contributed by atoms with E-state index in [9.17, 15) is 4.39 Å². The largest absolute Gasteiger partial charge is 0.493 e. The maximum absolute atomic E-state index is 14.2. The lowest BCUT2D eigenvalue weighted by Crippen LogP contribution is -2.05. The summed E-state index contributed by atoms with van der Waals surface area (Å²) in [5.74, 6) is 1.19. The molecule has 1 heterocycles. The molecule has 0 unspecified atom stereocenters. The quantitative estimate of drug-likeness (QED) is 0.517. The van der Waals surface area contributed by atoms with E-state index in [0.717, 1.165) is 3.57 Å². The molecule has 3 aromatic rings. The fourth-order valence-corrected chi connectivity index (χ4v) is 2.94. The number of anilines is 3. The number of nitrogens with one attached hydrogen (secondary N) is 1. The van der Waals surface area contributed by atoms with Gasteiger partial charge in [-0.1, -0.05) is 0 Å². The molecule has 0 saturated carbocycles. The van der Waals surface area contributed by atoms with Crippen molar-refractivity contribution in [1.29, 1.82) is 0 Å². The van der Waals surface area contributed by atoms with Crippen LogP contribution in [0.4, 0.5) is 22.0 Å². The summed E-state index contributed by atoms with van der Waals surface area (Å²) in [6.45, 7) is 0. The van der Waals surface area contributed by atoms with Gasteiger partial charge in [0, 0.05) is 21.4 Å². The lowest BCUT2D eigenvalue weighted by molar-refractivity contribution is 0.324. The number of halogens is 2. The van der Waals surface area contributed by atoms with Crippen molar-refractivity contribution >= 4 is 40.2 Å². The third kappa shape index (κ3) is 3.84. The Hall–Kier alpha value is -2.76. The monoisotopic (exact) mass is 485 g/mol. The van der Waals surface area contributed by atoms with Gasteiger partial charge in [0.1, 0.15) is 11.5 Å². The van der Waals surface area contributed by atoms with E-state index < -0.39 is 5.82 Å². The minimum absolute atomic E-state index is 0.0463. The SMILES string of the molecule is COc1cc(Nc2nc(N)n(-c3ccc(I)cc3F)n2)cc(OC)c1OC. The van der Waals surface area contributed by atoms with Crippen LogP contribution in [0.25, 0.3) is 5.69 Å². The fourth-order valence-electron chi connectivity index (χ4n) is 2.49. The van der Waals surface area contributed by atoms with Crippen LogP contribution in [-0.2, 0) is 0 Å². The molecule has 0 fully saturated rings. The first-order valence-electron chi connectivity index (χ1n) is 7.71. The van der Waals surface area contributed by atoms with Gasteiger partial charge in [0.25, 0.3) is 0 Å². The Labute approximate surface area is 168 Å². The molecule has 2 aromatic carbocycles. The summed E-state index contributed by atoms with van der Waals surface area (Å²) in [5.41, 5.74) is 6.70. The fraction of sp³-hybridized carbons (Fsp3) is 0.176. The Bertz CT molecular complexity index is 954. The highest BCUT2D eigenvalue weighted by atomic mass is 127. The van der Waals surface area contributed by atoms with Crippen molar-refractivity contribution in [2.24, 2.45) is 0 Å². The molecule has 1 aromatic heterocycles.